The van der Waals surface area contributed by atoms with E-state index in [0.29, 0.717) is 0 Å². The van der Waals surface area contributed by atoms with Gasteiger partial charge in [0.1, 0.15) is 0 Å². The molecule has 0 amide bonds. The van der Waals surface area contributed by atoms with Gasteiger partial charge in [-0.15, -0.1) is 0 Å². The zero-order valence-corrected chi connectivity index (χ0v) is 17.1. The van der Waals surface area contributed by atoms with Gasteiger partial charge in [-0.2, -0.15) is 0 Å². The van der Waals surface area contributed by atoms with Gasteiger partial charge in [0, 0.05) is 0 Å². The first-order valence-corrected chi connectivity index (χ1v) is 12.3. The maximum atomic E-state index is 2.64. The van der Waals surface area contributed by atoms with Crippen molar-refractivity contribution in [1.82, 2.24) is 0 Å². The predicted molar refractivity (Wildman–Crippen MR) is 106 cm³/mol. The third-order valence-corrected chi connectivity index (χ3v) is 14.0. The molecule has 0 bridgehead atoms. The second-order valence-corrected chi connectivity index (χ2v) is 13.2. The summed E-state index contributed by atoms with van der Waals surface area (Å²) in [7, 11) is -1.46. The van der Waals surface area contributed by atoms with Crippen LogP contribution in [0.4, 0.5) is 0 Å². The van der Waals surface area contributed by atoms with E-state index < -0.39 is 8.07 Å². The third kappa shape index (κ3) is 2.38. The van der Waals surface area contributed by atoms with E-state index >= 15 is 0 Å². The molecule has 3 aliphatic carbocycles. The number of hydrogen-bond acceptors (Lipinski definition) is 0. The fourth-order valence-electron chi connectivity index (χ4n) is 5.85. The smallest absolute Gasteiger partial charge is 0.0764 e. The molecule has 0 aromatic carbocycles. The monoisotopic (exact) mass is 326 g/mol. The van der Waals surface area contributed by atoms with Crippen LogP contribution in [0.3, 0.4) is 0 Å². The lowest BCUT2D eigenvalue weighted by Gasteiger charge is -2.44. The molecule has 126 valence electrons. The van der Waals surface area contributed by atoms with Crippen LogP contribution < -0.4 is 0 Å². The van der Waals surface area contributed by atoms with E-state index in [2.05, 4.69) is 53.7 Å². The Morgan fingerprint density at radius 2 is 1.48 bits per heavy atom. The van der Waals surface area contributed by atoms with Crippen molar-refractivity contribution in [1.29, 1.82) is 0 Å². The quantitative estimate of drug-likeness (QED) is 0.474. The molecule has 0 saturated carbocycles. The van der Waals surface area contributed by atoms with Crippen LogP contribution in [-0.2, 0) is 0 Å². The van der Waals surface area contributed by atoms with E-state index in [4.69, 9.17) is 0 Å². The topological polar surface area (TPSA) is 0 Å². The summed E-state index contributed by atoms with van der Waals surface area (Å²) in [6, 6.07) is 2.82. The SMILES string of the molecule is CC[Si](CC)(C1C=CC2=C1CCCC2)C1C(C)=C(C)C(C)=C1C. The van der Waals surface area contributed by atoms with E-state index in [0.717, 1.165) is 11.1 Å². The molecule has 0 aliphatic heterocycles. The van der Waals surface area contributed by atoms with Crippen molar-refractivity contribution >= 4 is 8.07 Å². The Kier molecular flexibility index (Phi) is 4.61. The second kappa shape index (κ2) is 6.24. The van der Waals surface area contributed by atoms with Crippen molar-refractivity contribution < 1.29 is 0 Å². The van der Waals surface area contributed by atoms with Gasteiger partial charge in [0.2, 0.25) is 0 Å². The molecule has 23 heavy (non-hydrogen) atoms. The molecule has 0 radical (unpaired) electrons. The lowest BCUT2D eigenvalue weighted by Crippen LogP contribution is -2.44. The minimum absolute atomic E-state index is 0.779. The standard InChI is InChI=1S/C22H34Si/c1-7-23(8-2,22-17(5)15(3)16(4)18(22)6)21-14-13-19-11-9-10-12-20(19)21/h13-14,21-22H,7-12H2,1-6H3. The number of rotatable bonds is 4. The van der Waals surface area contributed by atoms with Crippen molar-refractivity contribution in [3.63, 3.8) is 0 Å². The molecule has 0 heterocycles. The first kappa shape index (κ1) is 17.0. The highest BCUT2D eigenvalue weighted by atomic mass is 28.3. The van der Waals surface area contributed by atoms with Crippen molar-refractivity contribution in [3.05, 3.63) is 45.6 Å². The minimum atomic E-state index is -1.46. The van der Waals surface area contributed by atoms with Gasteiger partial charge >= 0.3 is 0 Å². The zero-order valence-electron chi connectivity index (χ0n) is 16.1. The highest BCUT2D eigenvalue weighted by molar-refractivity contribution is 6.85. The van der Waals surface area contributed by atoms with Crippen molar-refractivity contribution in [2.45, 2.75) is 90.4 Å². The fourth-order valence-corrected chi connectivity index (χ4v) is 12.1. The Morgan fingerprint density at radius 1 is 0.913 bits per heavy atom. The van der Waals surface area contributed by atoms with Crippen LogP contribution in [0.2, 0.25) is 23.2 Å². The van der Waals surface area contributed by atoms with Crippen LogP contribution in [-0.4, -0.2) is 8.07 Å². The first-order valence-electron chi connectivity index (χ1n) is 9.73. The summed E-state index contributed by atoms with van der Waals surface area (Å²) < 4.78 is 0. The molecular formula is C22H34Si. The molecule has 0 aromatic rings. The first-order chi connectivity index (χ1) is 11.0. The molecule has 1 atom stereocenters. The molecule has 0 nitrogen and oxygen atoms in total. The lowest BCUT2D eigenvalue weighted by atomic mass is 9.93. The molecule has 0 aromatic heterocycles. The Bertz CT molecular complexity index is 598. The molecule has 0 saturated heterocycles. The minimum Gasteiger partial charge on any atom is -0.0797 e. The van der Waals surface area contributed by atoms with Gasteiger partial charge in [-0.3, -0.25) is 0 Å². The Labute approximate surface area is 144 Å². The van der Waals surface area contributed by atoms with Crippen LogP contribution in [0.25, 0.3) is 0 Å². The van der Waals surface area contributed by atoms with Gasteiger partial charge in [0.05, 0.1) is 8.07 Å². The normalized spacial score (nSPS) is 25.9. The van der Waals surface area contributed by atoms with Crippen LogP contribution in [0.5, 0.6) is 0 Å². The van der Waals surface area contributed by atoms with E-state index in [1.807, 2.05) is 5.57 Å². The zero-order chi connectivity index (χ0) is 16.8. The molecule has 3 rings (SSSR count). The van der Waals surface area contributed by atoms with Crippen molar-refractivity contribution in [3.8, 4) is 0 Å². The molecule has 0 N–H and O–H groups in total. The van der Waals surface area contributed by atoms with Gasteiger partial charge in [-0.1, -0.05) is 54.8 Å². The summed E-state index contributed by atoms with van der Waals surface area (Å²) in [4.78, 5) is 0. The summed E-state index contributed by atoms with van der Waals surface area (Å²) in [5.74, 6) is 0. The Balaban J connectivity index is 2.09. The molecule has 0 fully saturated rings. The highest BCUT2D eigenvalue weighted by Crippen LogP contribution is 2.58. The average molecular weight is 327 g/mol. The van der Waals surface area contributed by atoms with Crippen molar-refractivity contribution in [2.75, 3.05) is 0 Å². The summed E-state index contributed by atoms with van der Waals surface area (Å²) in [5.41, 5.74) is 11.7. The summed E-state index contributed by atoms with van der Waals surface area (Å²) in [6.45, 7) is 14.6. The van der Waals surface area contributed by atoms with Gasteiger partial charge in [-0.05, 0) is 81.2 Å². The van der Waals surface area contributed by atoms with E-state index in [9.17, 15) is 0 Å². The maximum absolute atomic E-state index is 2.64. The van der Waals surface area contributed by atoms with Gasteiger partial charge in [0.15, 0.2) is 0 Å². The van der Waals surface area contributed by atoms with E-state index in [-0.39, 0.29) is 0 Å². The van der Waals surface area contributed by atoms with Gasteiger partial charge < -0.3 is 0 Å². The average Bonchev–Trinajstić information content (AvgIpc) is 3.08. The Morgan fingerprint density at radius 3 is 2.04 bits per heavy atom. The molecule has 1 unspecified atom stereocenters. The van der Waals surface area contributed by atoms with Gasteiger partial charge in [0.25, 0.3) is 0 Å². The fraction of sp³-hybridized carbons (Fsp3) is 0.636. The predicted octanol–water partition coefficient (Wildman–Crippen LogP) is 7.34. The maximum Gasteiger partial charge on any atom is 0.0764 e. The summed E-state index contributed by atoms with van der Waals surface area (Å²) >= 11 is 0. The largest absolute Gasteiger partial charge is 0.0797 e. The van der Waals surface area contributed by atoms with E-state index in [1.165, 1.54) is 37.8 Å². The second-order valence-electron chi connectivity index (χ2n) is 8.08. The van der Waals surface area contributed by atoms with Crippen LogP contribution in [0.15, 0.2) is 45.6 Å². The molecule has 3 aliphatic rings. The van der Waals surface area contributed by atoms with Crippen LogP contribution in [0.1, 0.15) is 67.2 Å². The Hall–Kier alpha value is -0.823. The third-order valence-electron chi connectivity index (χ3n) is 7.54. The molecule has 1 heteroatoms. The lowest BCUT2D eigenvalue weighted by molar-refractivity contribution is 0.675. The number of allylic oxidation sites excluding steroid dienone is 8. The molecular weight excluding hydrogens is 292 g/mol. The van der Waals surface area contributed by atoms with E-state index in [1.54, 1.807) is 27.9 Å². The summed E-state index contributed by atoms with van der Waals surface area (Å²) in [6.07, 6.45) is 10.7. The summed E-state index contributed by atoms with van der Waals surface area (Å²) in [5, 5.41) is 0. The highest BCUT2D eigenvalue weighted by Gasteiger charge is 2.49. The molecule has 0 spiro atoms. The van der Waals surface area contributed by atoms with Crippen LogP contribution in [0, 0.1) is 0 Å². The number of hydrogen-bond donors (Lipinski definition) is 0. The van der Waals surface area contributed by atoms with Crippen LogP contribution >= 0.6 is 0 Å². The van der Waals surface area contributed by atoms with Crippen molar-refractivity contribution in [2.24, 2.45) is 0 Å². The van der Waals surface area contributed by atoms with Gasteiger partial charge in [-0.25, -0.2) is 0 Å².